The molecular formula is C58H57N3O. The number of benzene rings is 6. The van der Waals surface area contributed by atoms with Gasteiger partial charge in [-0.25, -0.2) is 4.98 Å². The van der Waals surface area contributed by atoms with E-state index in [0.29, 0.717) is 17.3 Å². The quantitative estimate of drug-likeness (QED) is 0.158. The van der Waals surface area contributed by atoms with Crippen LogP contribution in [-0.2, 0) is 11.8 Å². The molecule has 2 aliphatic carbocycles. The first-order valence-electron chi connectivity index (χ1n) is 23.0. The molecule has 0 spiro atoms. The molecule has 0 saturated heterocycles. The van der Waals surface area contributed by atoms with Crippen molar-refractivity contribution in [3.05, 3.63) is 168 Å². The number of para-hydroxylation sites is 2. The largest absolute Gasteiger partial charge is 0.507 e. The van der Waals surface area contributed by atoms with Crippen molar-refractivity contribution >= 4 is 11.0 Å². The molecule has 62 heavy (non-hydrogen) atoms. The number of imidazole rings is 1. The zero-order chi connectivity index (χ0) is 42.2. The van der Waals surface area contributed by atoms with Crippen molar-refractivity contribution in [1.82, 2.24) is 14.5 Å². The van der Waals surface area contributed by atoms with Crippen LogP contribution in [0.2, 0.25) is 0 Å². The summed E-state index contributed by atoms with van der Waals surface area (Å²) in [5.74, 6) is 2.34. The van der Waals surface area contributed by atoms with Gasteiger partial charge in [-0.2, -0.15) is 0 Å². The van der Waals surface area contributed by atoms with E-state index in [1.54, 1.807) is 6.07 Å². The molecule has 2 aliphatic rings. The third kappa shape index (κ3) is 7.99. The Morgan fingerprint density at radius 1 is 0.581 bits per heavy atom. The number of nitrogens with zero attached hydrogens (tertiary/aromatic N) is 3. The van der Waals surface area contributed by atoms with Crippen LogP contribution in [0.25, 0.3) is 72.7 Å². The van der Waals surface area contributed by atoms with Crippen molar-refractivity contribution in [2.75, 3.05) is 0 Å². The summed E-state index contributed by atoms with van der Waals surface area (Å²) in [5, 5.41) is 11.4. The highest BCUT2D eigenvalue weighted by molar-refractivity contribution is 5.97. The lowest BCUT2D eigenvalue weighted by Gasteiger charge is -2.22. The number of hydrogen-bond acceptors (Lipinski definition) is 3. The molecular weight excluding hydrogens is 755 g/mol. The molecule has 10 rings (SSSR count). The van der Waals surface area contributed by atoms with E-state index < -0.39 is 0 Å². The van der Waals surface area contributed by atoms with Crippen LogP contribution in [0, 0.1) is 5.92 Å². The van der Waals surface area contributed by atoms with Crippen LogP contribution in [0.15, 0.2) is 152 Å². The number of phenolic OH excluding ortho intramolecular Hbond substituents is 1. The van der Waals surface area contributed by atoms with E-state index in [1.165, 1.54) is 85.6 Å². The number of aromatic hydroxyl groups is 1. The molecule has 6 aromatic carbocycles. The summed E-state index contributed by atoms with van der Waals surface area (Å²) < 4.78 is 2.27. The average molecular weight is 812 g/mol. The normalized spacial score (nSPS) is 15.1. The van der Waals surface area contributed by atoms with E-state index >= 15 is 0 Å². The number of hydrogen-bond donors (Lipinski definition) is 1. The maximum atomic E-state index is 11.4. The first kappa shape index (κ1) is 39.9. The van der Waals surface area contributed by atoms with Crippen molar-refractivity contribution in [2.24, 2.45) is 5.92 Å². The summed E-state index contributed by atoms with van der Waals surface area (Å²) in [4.78, 5) is 10.5. The van der Waals surface area contributed by atoms with E-state index in [2.05, 4.69) is 147 Å². The Kier molecular flexibility index (Phi) is 10.9. The van der Waals surface area contributed by atoms with Crippen LogP contribution in [0.1, 0.15) is 101 Å². The van der Waals surface area contributed by atoms with Gasteiger partial charge in [-0.15, -0.1) is 0 Å². The second kappa shape index (κ2) is 16.9. The molecule has 0 amide bonds. The van der Waals surface area contributed by atoms with E-state index in [0.717, 1.165) is 62.6 Å². The lowest BCUT2D eigenvalue weighted by Crippen LogP contribution is -2.11. The summed E-state index contributed by atoms with van der Waals surface area (Å²) in [5.41, 5.74) is 16.4. The van der Waals surface area contributed by atoms with Crippen LogP contribution in [-0.4, -0.2) is 19.6 Å². The highest BCUT2D eigenvalue weighted by atomic mass is 16.3. The van der Waals surface area contributed by atoms with E-state index in [-0.39, 0.29) is 11.2 Å². The molecule has 0 radical (unpaired) electrons. The summed E-state index contributed by atoms with van der Waals surface area (Å²) >= 11 is 0. The summed E-state index contributed by atoms with van der Waals surface area (Å²) in [6.07, 6.45) is 15.0. The standard InChI is InChI=1S/C58H57N3O/c1-58(2,3)48-36-46(35-47(37-48)52-38-45(31-32-59-52)43-28-26-42(27-29-43)41-17-6-4-7-18-41)49-22-14-23-54-56(49)60-57(50-21-12-13-24-55(50)62)61(54)53-30-25-40(33-39-15-10-11-16-39)34-51(53)44-19-8-5-9-20-44/h5,8-9,12-14,19-32,34-39,41,62H,4,6-7,10-11,15-18,33H2,1-3H3. The molecule has 0 unspecified atom stereocenters. The van der Waals surface area contributed by atoms with Gasteiger partial charge in [-0.1, -0.05) is 157 Å². The fourth-order valence-corrected chi connectivity index (χ4v) is 10.2. The molecule has 310 valence electrons. The second-order valence-electron chi connectivity index (χ2n) is 19.0. The van der Waals surface area contributed by atoms with Gasteiger partial charge in [0.15, 0.2) is 0 Å². The molecule has 1 N–H and O–H groups in total. The maximum absolute atomic E-state index is 11.4. The van der Waals surface area contributed by atoms with Crippen molar-refractivity contribution in [2.45, 2.75) is 96.3 Å². The lowest BCUT2D eigenvalue weighted by molar-refractivity contribution is 0.443. The summed E-state index contributed by atoms with van der Waals surface area (Å²) in [7, 11) is 0. The van der Waals surface area contributed by atoms with Gasteiger partial charge in [0.2, 0.25) is 0 Å². The first-order valence-corrected chi connectivity index (χ1v) is 23.0. The summed E-state index contributed by atoms with van der Waals surface area (Å²) in [6, 6.07) is 52.4. The molecule has 2 saturated carbocycles. The van der Waals surface area contributed by atoms with E-state index in [9.17, 15) is 5.11 Å². The van der Waals surface area contributed by atoms with Crippen molar-refractivity contribution in [3.8, 4) is 67.5 Å². The Morgan fingerprint density at radius 3 is 2.08 bits per heavy atom. The zero-order valence-electron chi connectivity index (χ0n) is 36.4. The summed E-state index contributed by atoms with van der Waals surface area (Å²) in [6.45, 7) is 6.84. The molecule has 2 aromatic heterocycles. The molecule has 2 heterocycles. The SMILES string of the molecule is CC(C)(C)c1cc(-c2cc(-c3ccc(C4CCCCC4)cc3)ccn2)cc(-c2cccc3c2nc(-c2ccccc2O)n3-c2ccc(CC3CCCC3)cc2-c2ccccc2)c1. The van der Waals surface area contributed by atoms with Crippen LogP contribution in [0.4, 0.5) is 0 Å². The predicted octanol–water partition coefficient (Wildman–Crippen LogP) is 15.5. The van der Waals surface area contributed by atoms with Gasteiger partial charge in [-0.05, 0) is 130 Å². The topological polar surface area (TPSA) is 50.9 Å². The fraction of sp³-hybridized carbons (Fsp3) is 0.276. The van der Waals surface area contributed by atoms with E-state index in [4.69, 9.17) is 9.97 Å². The molecule has 0 atom stereocenters. The van der Waals surface area contributed by atoms with Crippen LogP contribution >= 0.6 is 0 Å². The Bertz CT molecular complexity index is 2850. The lowest BCUT2D eigenvalue weighted by atomic mass is 9.83. The van der Waals surface area contributed by atoms with Crippen molar-refractivity contribution in [3.63, 3.8) is 0 Å². The Morgan fingerprint density at radius 2 is 1.31 bits per heavy atom. The Labute approximate surface area is 367 Å². The minimum Gasteiger partial charge on any atom is -0.507 e. The molecule has 8 aromatic rings. The van der Waals surface area contributed by atoms with Gasteiger partial charge in [0, 0.05) is 22.9 Å². The minimum absolute atomic E-state index is 0.115. The number of aromatic nitrogens is 3. The first-order chi connectivity index (χ1) is 30.3. The molecule has 4 nitrogen and oxygen atoms in total. The zero-order valence-corrected chi connectivity index (χ0v) is 36.4. The van der Waals surface area contributed by atoms with Gasteiger partial charge < -0.3 is 5.11 Å². The van der Waals surface area contributed by atoms with Gasteiger partial charge in [-0.3, -0.25) is 9.55 Å². The van der Waals surface area contributed by atoms with Gasteiger partial charge in [0.05, 0.1) is 28.0 Å². The van der Waals surface area contributed by atoms with Gasteiger partial charge in [0.25, 0.3) is 0 Å². The molecule has 0 bridgehead atoms. The van der Waals surface area contributed by atoms with Gasteiger partial charge >= 0.3 is 0 Å². The fourth-order valence-electron chi connectivity index (χ4n) is 10.2. The second-order valence-corrected chi connectivity index (χ2v) is 19.0. The van der Waals surface area contributed by atoms with Crippen molar-refractivity contribution in [1.29, 1.82) is 0 Å². The molecule has 4 heteroatoms. The van der Waals surface area contributed by atoms with Crippen LogP contribution < -0.4 is 0 Å². The van der Waals surface area contributed by atoms with Crippen LogP contribution in [0.5, 0.6) is 5.75 Å². The highest BCUT2D eigenvalue weighted by Crippen LogP contribution is 2.42. The monoisotopic (exact) mass is 811 g/mol. The smallest absolute Gasteiger partial charge is 0.149 e. The highest BCUT2D eigenvalue weighted by Gasteiger charge is 2.25. The minimum atomic E-state index is -0.115. The van der Waals surface area contributed by atoms with Crippen molar-refractivity contribution < 1.29 is 5.11 Å². The van der Waals surface area contributed by atoms with Gasteiger partial charge in [0.1, 0.15) is 11.6 Å². The molecule has 0 aliphatic heterocycles. The number of rotatable bonds is 9. The third-order valence-electron chi connectivity index (χ3n) is 13.7. The Hall–Kier alpha value is -6.26. The predicted molar refractivity (Wildman–Crippen MR) is 258 cm³/mol. The average Bonchev–Trinajstić information content (AvgIpc) is 3.97. The number of phenols is 1. The van der Waals surface area contributed by atoms with Crippen LogP contribution in [0.3, 0.4) is 0 Å². The number of pyridine rings is 1. The third-order valence-corrected chi connectivity index (χ3v) is 13.7. The molecule has 2 fully saturated rings. The number of fused-ring (bicyclic) bond motifs is 1. The Balaban J connectivity index is 1.12. The maximum Gasteiger partial charge on any atom is 0.149 e. The van der Waals surface area contributed by atoms with E-state index in [1.807, 2.05) is 24.4 Å².